The molecular formula is C9H12O3. The first-order chi connectivity index (χ1) is 5.74. The second-order valence-corrected chi connectivity index (χ2v) is 2.64. The molecule has 1 heterocycles. The zero-order valence-electron chi connectivity index (χ0n) is 7.08. The molecule has 1 unspecified atom stereocenters. The fraction of sp³-hybridized carbons (Fsp3) is 0.444. The Bertz CT molecular complexity index is 214. The summed E-state index contributed by atoms with van der Waals surface area (Å²) >= 11 is 0. The number of allylic oxidation sites excluding steroid dienone is 2. The predicted molar refractivity (Wildman–Crippen MR) is 44.7 cm³/mol. The molecular weight excluding hydrogens is 156 g/mol. The molecule has 0 aromatic carbocycles. The molecule has 0 saturated carbocycles. The van der Waals surface area contributed by atoms with Crippen molar-refractivity contribution in [3.63, 3.8) is 0 Å². The van der Waals surface area contributed by atoms with Crippen LogP contribution in [0.5, 0.6) is 0 Å². The van der Waals surface area contributed by atoms with E-state index in [2.05, 4.69) is 6.58 Å². The third kappa shape index (κ3) is 2.88. The van der Waals surface area contributed by atoms with E-state index in [0.29, 0.717) is 18.8 Å². The van der Waals surface area contributed by atoms with Crippen molar-refractivity contribution in [2.24, 2.45) is 0 Å². The summed E-state index contributed by atoms with van der Waals surface area (Å²) < 4.78 is 9.78. The Hall–Kier alpha value is -1.09. The van der Waals surface area contributed by atoms with Crippen LogP contribution >= 0.6 is 0 Å². The van der Waals surface area contributed by atoms with Gasteiger partial charge < -0.3 is 9.47 Å². The number of rotatable bonds is 4. The molecule has 0 aromatic heterocycles. The highest BCUT2D eigenvalue weighted by Crippen LogP contribution is 2.09. The first-order valence-corrected chi connectivity index (χ1v) is 3.82. The molecule has 0 bridgehead atoms. The molecule has 3 heteroatoms. The van der Waals surface area contributed by atoms with Crippen molar-refractivity contribution in [3.05, 3.63) is 24.3 Å². The largest absolute Gasteiger partial charge is 0.459 e. The van der Waals surface area contributed by atoms with Gasteiger partial charge in [-0.05, 0) is 6.92 Å². The van der Waals surface area contributed by atoms with Crippen molar-refractivity contribution in [1.29, 1.82) is 0 Å². The van der Waals surface area contributed by atoms with Gasteiger partial charge in [0.1, 0.15) is 12.7 Å². The van der Waals surface area contributed by atoms with Gasteiger partial charge in [0.25, 0.3) is 0 Å². The Labute approximate surface area is 71.7 Å². The van der Waals surface area contributed by atoms with Crippen LogP contribution in [-0.4, -0.2) is 25.3 Å². The van der Waals surface area contributed by atoms with Gasteiger partial charge in [0.2, 0.25) is 0 Å². The smallest absolute Gasteiger partial charge is 0.333 e. The molecule has 1 aliphatic rings. The number of hydrogen-bond acceptors (Lipinski definition) is 3. The van der Waals surface area contributed by atoms with Crippen LogP contribution in [0.3, 0.4) is 0 Å². The van der Waals surface area contributed by atoms with Gasteiger partial charge in [0, 0.05) is 5.57 Å². The van der Waals surface area contributed by atoms with Gasteiger partial charge in [-0.25, -0.2) is 4.79 Å². The van der Waals surface area contributed by atoms with Crippen molar-refractivity contribution < 1.29 is 14.3 Å². The van der Waals surface area contributed by atoms with E-state index < -0.39 is 0 Å². The van der Waals surface area contributed by atoms with E-state index in [1.165, 1.54) is 0 Å². The highest BCUT2D eigenvalue weighted by Gasteiger charge is 2.24. The van der Waals surface area contributed by atoms with Crippen LogP contribution in [0.15, 0.2) is 24.3 Å². The Morgan fingerprint density at radius 1 is 1.83 bits per heavy atom. The van der Waals surface area contributed by atoms with Gasteiger partial charge in [0.15, 0.2) is 0 Å². The summed E-state index contributed by atoms with van der Waals surface area (Å²) in [6.45, 7) is 6.24. The SMILES string of the molecule is C=CC=C(C)C(=O)OCC1CO1. The number of hydrogen-bond donors (Lipinski definition) is 0. The number of esters is 1. The molecule has 12 heavy (non-hydrogen) atoms. The van der Waals surface area contributed by atoms with Crippen LogP contribution in [0.25, 0.3) is 0 Å². The number of epoxide rings is 1. The molecule has 0 aliphatic carbocycles. The quantitative estimate of drug-likeness (QED) is 0.273. The minimum atomic E-state index is -0.301. The van der Waals surface area contributed by atoms with Crippen LogP contribution in [0.2, 0.25) is 0 Å². The normalized spacial score (nSPS) is 21.8. The third-order valence-electron chi connectivity index (χ3n) is 1.49. The fourth-order valence-corrected chi connectivity index (χ4v) is 0.692. The summed E-state index contributed by atoms with van der Waals surface area (Å²) in [4.78, 5) is 11.1. The molecule has 3 nitrogen and oxygen atoms in total. The van der Waals surface area contributed by atoms with Crippen LogP contribution in [0.4, 0.5) is 0 Å². The van der Waals surface area contributed by atoms with E-state index in [-0.39, 0.29) is 12.1 Å². The molecule has 0 radical (unpaired) electrons. The molecule has 0 aromatic rings. The zero-order chi connectivity index (χ0) is 8.97. The predicted octanol–water partition coefficient (Wildman–Crippen LogP) is 1.06. The Morgan fingerprint density at radius 3 is 3.00 bits per heavy atom. The molecule has 0 amide bonds. The maximum atomic E-state index is 11.1. The molecule has 1 aliphatic heterocycles. The summed E-state index contributed by atoms with van der Waals surface area (Å²) in [5.74, 6) is -0.301. The van der Waals surface area contributed by atoms with Gasteiger partial charge in [-0.1, -0.05) is 18.7 Å². The topological polar surface area (TPSA) is 38.8 Å². The minimum Gasteiger partial charge on any atom is -0.459 e. The number of carbonyl (C=O) groups is 1. The van der Waals surface area contributed by atoms with E-state index in [0.717, 1.165) is 0 Å². The zero-order valence-corrected chi connectivity index (χ0v) is 7.08. The third-order valence-corrected chi connectivity index (χ3v) is 1.49. The van der Waals surface area contributed by atoms with Gasteiger partial charge in [-0.2, -0.15) is 0 Å². The first kappa shape index (κ1) is 9.00. The highest BCUT2D eigenvalue weighted by molar-refractivity contribution is 5.88. The van der Waals surface area contributed by atoms with E-state index in [1.54, 1.807) is 19.1 Å². The van der Waals surface area contributed by atoms with Gasteiger partial charge >= 0.3 is 5.97 Å². The molecule has 1 saturated heterocycles. The standard InChI is InChI=1S/C9H12O3/c1-3-4-7(2)9(10)12-6-8-5-11-8/h3-4,8H,1,5-6H2,2H3. The maximum absolute atomic E-state index is 11.1. The molecule has 1 rings (SSSR count). The van der Waals surface area contributed by atoms with Crippen LogP contribution in [0, 0.1) is 0 Å². The van der Waals surface area contributed by atoms with Crippen LogP contribution in [0.1, 0.15) is 6.92 Å². The summed E-state index contributed by atoms with van der Waals surface area (Å²) in [6, 6.07) is 0. The van der Waals surface area contributed by atoms with Gasteiger partial charge in [-0.15, -0.1) is 0 Å². The molecule has 0 spiro atoms. The molecule has 1 atom stereocenters. The lowest BCUT2D eigenvalue weighted by Crippen LogP contribution is -2.10. The summed E-state index contributed by atoms with van der Waals surface area (Å²) in [5.41, 5.74) is 0.561. The van der Waals surface area contributed by atoms with E-state index >= 15 is 0 Å². The number of ether oxygens (including phenoxy) is 2. The van der Waals surface area contributed by atoms with Crippen LogP contribution in [-0.2, 0) is 14.3 Å². The Morgan fingerprint density at radius 2 is 2.50 bits per heavy atom. The van der Waals surface area contributed by atoms with Crippen molar-refractivity contribution in [3.8, 4) is 0 Å². The van der Waals surface area contributed by atoms with Crippen LogP contribution < -0.4 is 0 Å². The lowest BCUT2D eigenvalue weighted by molar-refractivity contribution is -0.139. The summed E-state index contributed by atoms with van der Waals surface area (Å²) in [5, 5.41) is 0. The van der Waals surface area contributed by atoms with Gasteiger partial charge in [0.05, 0.1) is 6.61 Å². The molecule has 0 N–H and O–H groups in total. The Kier molecular flexibility index (Phi) is 3.05. The average Bonchev–Trinajstić information content (AvgIpc) is 2.83. The molecule has 66 valence electrons. The lowest BCUT2D eigenvalue weighted by Gasteiger charge is -2.00. The maximum Gasteiger partial charge on any atom is 0.333 e. The van der Waals surface area contributed by atoms with Crippen molar-refractivity contribution in [1.82, 2.24) is 0 Å². The lowest BCUT2D eigenvalue weighted by atomic mass is 10.3. The molecule has 1 fully saturated rings. The Balaban J connectivity index is 2.25. The van der Waals surface area contributed by atoms with Crippen molar-refractivity contribution in [2.45, 2.75) is 13.0 Å². The fourth-order valence-electron chi connectivity index (χ4n) is 0.692. The highest BCUT2D eigenvalue weighted by atomic mass is 16.6. The monoisotopic (exact) mass is 168 g/mol. The summed E-state index contributed by atoms with van der Waals surface area (Å²) in [7, 11) is 0. The minimum absolute atomic E-state index is 0.130. The summed E-state index contributed by atoms with van der Waals surface area (Å²) in [6.07, 6.45) is 3.31. The van der Waals surface area contributed by atoms with E-state index in [9.17, 15) is 4.79 Å². The second-order valence-electron chi connectivity index (χ2n) is 2.64. The van der Waals surface area contributed by atoms with Gasteiger partial charge in [-0.3, -0.25) is 0 Å². The first-order valence-electron chi connectivity index (χ1n) is 3.82. The van der Waals surface area contributed by atoms with E-state index in [1.807, 2.05) is 0 Å². The van der Waals surface area contributed by atoms with Crippen molar-refractivity contribution in [2.75, 3.05) is 13.2 Å². The number of carbonyl (C=O) groups excluding carboxylic acids is 1. The van der Waals surface area contributed by atoms with Crippen molar-refractivity contribution >= 4 is 5.97 Å². The van der Waals surface area contributed by atoms with E-state index in [4.69, 9.17) is 9.47 Å². The average molecular weight is 168 g/mol. The second kappa shape index (κ2) is 4.07.